The average Bonchev–Trinajstić information content (AvgIpc) is 3.25. The number of benzene rings is 2. The molecule has 6 aromatic rings. The van der Waals surface area contributed by atoms with Gasteiger partial charge in [0.1, 0.15) is 17.6 Å². The zero-order valence-corrected chi connectivity index (χ0v) is 24.3. The van der Waals surface area contributed by atoms with Crippen LogP contribution in [0.25, 0.3) is 38.5 Å². The van der Waals surface area contributed by atoms with Crippen molar-refractivity contribution in [3.63, 3.8) is 0 Å². The van der Waals surface area contributed by atoms with E-state index < -0.39 is 23.0 Å². The minimum atomic E-state index is -0.794. The number of aromatic amines is 1. The Morgan fingerprint density at radius 2 is 1.88 bits per heavy atom. The number of H-pyrrole nitrogens is 1. The molecule has 1 N–H and O–H groups in total. The third-order valence-electron chi connectivity index (χ3n) is 7.26. The van der Waals surface area contributed by atoms with Gasteiger partial charge in [-0.05, 0) is 69.0 Å². The molecule has 0 saturated carbocycles. The standard InChI is InChI=1S/C31H26ClFN6O4/c1-17-13-21-24(15-22(17)33)38(16-19-14-18-7-6-10-34-28(18)36-27(19)32)26(30(41)43-12-11-37(2)3)25(21)39-29(40)20-8-4-5-9-23(20)35-31(39)42/h4-10,13-15H,11-12,16H2,1-3H3,(H,35,42). The van der Waals surface area contributed by atoms with E-state index in [9.17, 15) is 14.4 Å². The fourth-order valence-electron chi connectivity index (χ4n) is 5.12. The highest BCUT2D eigenvalue weighted by Gasteiger charge is 2.29. The zero-order chi connectivity index (χ0) is 30.4. The van der Waals surface area contributed by atoms with Gasteiger partial charge in [-0.15, -0.1) is 0 Å². The monoisotopic (exact) mass is 600 g/mol. The van der Waals surface area contributed by atoms with Crippen molar-refractivity contribution in [2.75, 3.05) is 27.2 Å². The summed E-state index contributed by atoms with van der Waals surface area (Å²) in [6, 6.07) is 14.7. The highest BCUT2D eigenvalue weighted by Crippen LogP contribution is 2.33. The third-order valence-corrected chi connectivity index (χ3v) is 7.58. The van der Waals surface area contributed by atoms with Crippen LogP contribution in [0.2, 0.25) is 5.15 Å². The fourth-order valence-corrected chi connectivity index (χ4v) is 5.32. The Hall–Kier alpha value is -4.87. The van der Waals surface area contributed by atoms with Crippen molar-refractivity contribution in [3.8, 4) is 5.69 Å². The first-order valence-electron chi connectivity index (χ1n) is 13.4. The Labute approximate surface area is 248 Å². The van der Waals surface area contributed by atoms with Gasteiger partial charge < -0.3 is 19.2 Å². The summed E-state index contributed by atoms with van der Waals surface area (Å²) in [5.74, 6) is -1.32. The van der Waals surface area contributed by atoms with Gasteiger partial charge in [-0.1, -0.05) is 23.7 Å². The Balaban J connectivity index is 1.68. The highest BCUT2D eigenvalue weighted by atomic mass is 35.5. The maximum atomic E-state index is 15.1. The number of hydrogen-bond donors (Lipinski definition) is 1. The lowest BCUT2D eigenvalue weighted by Gasteiger charge is -2.15. The minimum absolute atomic E-state index is 0.0171. The number of para-hydroxylation sites is 1. The van der Waals surface area contributed by atoms with E-state index in [2.05, 4.69) is 15.0 Å². The van der Waals surface area contributed by atoms with Crippen molar-refractivity contribution in [2.24, 2.45) is 0 Å². The largest absolute Gasteiger partial charge is 0.460 e. The first-order chi connectivity index (χ1) is 20.6. The minimum Gasteiger partial charge on any atom is -0.460 e. The quantitative estimate of drug-likeness (QED) is 0.213. The second-order valence-electron chi connectivity index (χ2n) is 10.4. The van der Waals surface area contributed by atoms with Gasteiger partial charge in [0.2, 0.25) is 0 Å². The molecule has 12 heteroatoms. The summed E-state index contributed by atoms with van der Waals surface area (Å²) < 4.78 is 23.2. The van der Waals surface area contributed by atoms with E-state index in [4.69, 9.17) is 16.3 Å². The van der Waals surface area contributed by atoms with E-state index in [1.807, 2.05) is 25.1 Å². The number of nitrogens with zero attached hydrogens (tertiary/aromatic N) is 5. The molecule has 4 aromatic heterocycles. The van der Waals surface area contributed by atoms with Crippen LogP contribution in [0.5, 0.6) is 0 Å². The second kappa shape index (κ2) is 11.1. The van der Waals surface area contributed by atoms with Crippen molar-refractivity contribution >= 4 is 50.4 Å². The predicted molar refractivity (Wildman–Crippen MR) is 163 cm³/mol. The Morgan fingerprint density at radius 3 is 2.67 bits per heavy atom. The topological polar surface area (TPSA) is 115 Å². The molecule has 10 nitrogen and oxygen atoms in total. The van der Waals surface area contributed by atoms with Crippen LogP contribution in [-0.4, -0.2) is 62.2 Å². The van der Waals surface area contributed by atoms with Gasteiger partial charge >= 0.3 is 11.7 Å². The zero-order valence-electron chi connectivity index (χ0n) is 23.5. The molecule has 0 spiro atoms. The number of fused-ring (bicyclic) bond motifs is 3. The van der Waals surface area contributed by atoms with Crippen LogP contribution in [0.3, 0.4) is 0 Å². The van der Waals surface area contributed by atoms with Gasteiger partial charge in [-0.25, -0.2) is 28.5 Å². The number of esters is 1. The molecule has 0 bridgehead atoms. The summed E-state index contributed by atoms with van der Waals surface area (Å²) in [5.41, 5.74) is 0.294. The molecule has 4 heterocycles. The number of nitrogens with one attached hydrogen (secondary N) is 1. The highest BCUT2D eigenvalue weighted by molar-refractivity contribution is 6.30. The molecule has 0 fully saturated rings. The number of pyridine rings is 2. The number of carbonyl (C=O) groups is 1. The van der Waals surface area contributed by atoms with Crippen LogP contribution in [-0.2, 0) is 11.3 Å². The molecule has 218 valence electrons. The molecule has 0 amide bonds. The summed E-state index contributed by atoms with van der Waals surface area (Å²) in [6.45, 7) is 1.98. The van der Waals surface area contributed by atoms with Crippen molar-refractivity contribution in [1.29, 1.82) is 0 Å². The Morgan fingerprint density at radius 1 is 1.09 bits per heavy atom. The number of halogens is 2. The number of aryl methyl sites for hydroxylation is 1. The van der Waals surface area contributed by atoms with Gasteiger partial charge in [0, 0.05) is 29.1 Å². The van der Waals surface area contributed by atoms with Crippen LogP contribution in [0, 0.1) is 12.7 Å². The van der Waals surface area contributed by atoms with E-state index in [-0.39, 0.29) is 46.2 Å². The van der Waals surface area contributed by atoms with Crippen molar-refractivity contribution < 1.29 is 13.9 Å². The molecule has 6 rings (SSSR count). The van der Waals surface area contributed by atoms with Crippen LogP contribution < -0.4 is 11.2 Å². The van der Waals surface area contributed by atoms with Gasteiger partial charge in [-0.2, -0.15) is 0 Å². The summed E-state index contributed by atoms with van der Waals surface area (Å²) >= 11 is 6.58. The van der Waals surface area contributed by atoms with E-state index in [1.165, 1.54) is 16.7 Å². The predicted octanol–water partition coefficient (Wildman–Crippen LogP) is 4.44. The fraction of sp³-hybridized carbons (Fsp3) is 0.194. The molecule has 0 unspecified atom stereocenters. The lowest BCUT2D eigenvalue weighted by molar-refractivity contribution is 0.0470. The van der Waals surface area contributed by atoms with Crippen LogP contribution >= 0.6 is 11.6 Å². The Kier molecular flexibility index (Phi) is 7.28. The molecule has 0 atom stereocenters. The average molecular weight is 601 g/mol. The normalized spacial score (nSPS) is 11.7. The number of rotatable bonds is 7. The van der Waals surface area contributed by atoms with Gasteiger partial charge in [-0.3, -0.25) is 4.79 Å². The summed E-state index contributed by atoms with van der Waals surface area (Å²) in [5, 5.41) is 1.39. The molecule has 0 aliphatic heterocycles. The van der Waals surface area contributed by atoms with Crippen LogP contribution in [0.1, 0.15) is 21.6 Å². The molecule has 0 saturated heterocycles. The maximum absolute atomic E-state index is 15.1. The van der Waals surface area contributed by atoms with E-state index in [1.54, 1.807) is 49.5 Å². The second-order valence-corrected chi connectivity index (χ2v) is 10.8. The molecule has 0 radical (unpaired) electrons. The number of likely N-dealkylation sites (N-methyl/N-ethyl adjacent to an activating group) is 1. The summed E-state index contributed by atoms with van der Waals surface area (Å²) in [4.78, 5) is 54.5. The summed E-state index contributed by atoms with van der Waals surface area (Å²) in [7, 11) is 3.67. The van der Waals surface area contributed by atoms with Gasteiger partial charge in [0.25, 0.3) is 5.56 Å². The number of ether oxygens (including phenoxy) is 1. The molecular weight excluding hydrogens is 575 g/mol. The van der Waals surface area contributed by atoms with Gasteiger partial charge in [0.05, 0.1) is 28.7 Å². The molecule has 0 aliphatic carbocycles. The number of carbonyl (C=O) groups excluding carboxylic acids is 1. The molecule has 2 aromatic carbocycles. The van der Waals surface area contributed by atoms with Crippen molar-refractivity contribution in [3.05, 3.63) is 109 Å². The molecular formula is C31H26ClFN6O4. The van der Waals surface area contributed by atoms with Gasteiger partial charge in [0.15, 0.2) is 11.3 Å². The Bertz CT molecular complexity index is 2190. The van der Waals surface area contributed by atoms with Crippen LogP contribution in [0.15, 0.2) is 70.4 Å². The SMILES string of the molecule is Cc1cc2c(-n3c(=O)[nH]c4ccccc4c3=O)c(C(=O)OCCN(C)C)n(Cc3cc4cccnc4nc3Cl)c2cc1F. The smallest absolute Gasteiger partial charge is 0.357 e. The van der Waals surface area contributed by atoms with E-state index in [0.29, 0.717) is 34.0 Å². The first kappa shape index (κ1) is 28.3. The van der Waals surface area contributed by atoms with E-state index in [0.717, 1.165) is 4.57 Å². The number of aromatic nitrogens is 5. The lowest BCUT2D eigenvalue weighted by atomic mass is 10.1. The molecule has 43 heavy (non-hydrogen) atoms. The maximum Gasteiger partial charge on any atom is 0.357 e. The van der Waals surface area contributed by atoms with Crippen molar-refractivity contribution in [2.45, 2.75) is 13.5 Å². The molecule has 0 aliphatic rings. The summed E-state index contributed by atoms with van der Waals surface area (Å²) in [6.07, 6.45) is 1.60. The number of hydrogen-bond acceptors (Lipinski definition) is 7. The van der Waals surface area contributed by atoms with E-state index >= 15 is 4.39 Å². The van der Waals surface area contributed by atoms with Crippen LogP contribution in [0.4, 0.5) is 4.39 Å². The van der Waals surface area contributed by atoms with Crippen molar-refractivity contribution in [1.82, 2.24) is 29.0 Å². The first-order valence-corrected chi connectivity index (χ1v) is 13.8. The lowest BCUT2D eigenvalue weighted by Crippen LogP contribution is -2.35. The third kappa shape index (κ3) is 5.06.